The molecule has 4 rings (SSSR count). The van der Waals surface area contributed by atoms with Gasteiger partial charge in [-0.3, -0.25) is 4.68 Å². The minimum absolute atomic E-state index is 0.177. The Morgan fingerprint density at radius 2 is 2.04 bits per heavy atom. The molecule has 0 saturated heterocycles. The van der Waals surface area contributed by atoms with E-state index in [0.717, 1.165) is 25.0 Å². The van der Waals surface area contributed by atoms with Crippen LogP contribution in [0, 0.1) is 5.82 Å². The van der Waals surface area contributed by atoms with Gasteiger partial charge in [0.2, 0.25) is 5.95 Å². The fraction of sp³-hybridized carbons (Fsp3) is 0.474. The number of hydrogen-bond acceptors (Lipinski definition) is 6. The Kier molecular flexibility index (Phi) is 4.51. The number of hydrogen-bond donors (Lipinski definition) is 2. The molecule has 0 bridgehead atoms. The first-order valence-corrected chi connectivity index (χ1v) is 9.31. The lowest BCUT2D eigenvalue weighted by Crippen LogP contribution is -2.21. The first-order valence-electron chi connectivity index (χ1n) is 9.31. The third-order valence-corrected chi connectivity index (χ3v) is 5.06. The van der Waals surface area contributed by atoms with Crippen molar-refractivity contribution in [2.75, 3.05) is 5.32 Å². The normalized spacial score (nSPS) is 19.9. The van der Waals surface area contributed by atoms with Crippen molar-refractivity contribution >= 4 is 17.0 Å². The number of nitrogens with one attached hydrogen (secondary N) is 1. The predicted molar refractivity (Wildman–Crippen MR) is 103 cm³/mol. The molecule has 0 aromatic carbocycles. The maximum Gasteiger partial charge on any atom is 0.223 e. The molecule has 1 fully saturated rings. The molecule has 2 atom stereocenters. The van der Waals surface area contributed by atoms with Crippen molar-refractivity contribution in [3.8, 4) is 11.4 Å². The van der Waals surface area contributed by atoms with Gasteiger partial charge in [0.1, 0.15) is 11.0 Å². The van der Waals surface area contributed by atoms with Crippen molar-refractivity contribution < 1.29 is 4.39 Å². The number of fused-ring (bicyclic) bond motifs is 1. The molecule has 3 N–H and O–H groups in total. The highest BCUT2D eigenvalue weighted by Gasteiger charge is 2.23. The van der Waals surface area contributed by atoms with Gasteiger partial charge >= 0.3 is 0 Å². The van der Waals surface area contributed by atoms with Crippen molar-refractivity contribution in [1.82, 2.24) is 24.7 Å². The van der Waals surface area contributed by atoms with Gasteiger partial charge in [0.15, 0.2) is 5.82 Å². The van der Waals surface area contributed by atoms with E-state index < -0.39 is 5.82 Å². The minimum atomic E-state index is -0.396. The molecule has 0 aliphatic heterocycles. The van der Waals surface area contributed by atoms with Crippen molar-refractivity contribution in [2.45, 2.75) is 51.1 Å². The molecule has 0 spiro atoms. The Morgan fingerprint density at radius 1 is 1.22 bits per heavy atom. The molecule has 3 aromatic rings. The highest BCUT2D eigenvalue weighted by molar-refractivity contribution is 5.81. The maximum atomic E-state index is 14.7. The van der Waals surface area contributed by atoms with Crippen molar-refractivity contribution in [3.63, 3.8) is 0 Å². The lowest BCUT2D eigenvalue weighted by atomic mass is 10.1. The lowest BCUT2D eigenvalue weighted by Gasteiger charge is -2.12. The first kappa shape index (κ1) is 17.8. The van der Waals surface area contributed by atoms with Crippen LogP contribution in [0.4, 0.5) is 10.3 Å². The minimum Gasteiger partial charge on any atom is -0.351 e. The summed E-state index contributed by atoms with van der Waals surface area (Å²) in [4.78, 5) is 13.5. The Morgan fingerprint density at radius 3 is 2.74 bits per heavy atom. The third kappa shape index (κ3) is 3.37. The van der Waals surface area contributed by atoms with Gasteiger partial charge in [-0.1, -0.05) is 13.8 Å². The van der Waals surface area contributed by atoms with E-state index in [2.05, 4.69) is 25.4 Å². The smallest absolute Gasteiger partial charge is 0.223 e. The molecule has 0 amide bonds. The summed E-state index contributed by atoms with van der Waals surface area (Å²) in [5.74, 6) is 0.299. The second-order valence-electron chi connectivity index (χ2n) is 7.53. The summed E-state index contributed by atoms with van der Waals surface area (Å²) >= 11 is 0. The fourth-order valence-electron chi connectivity index (χ4n) is 3.82. The number of halogens is 1. The topological polar surface area (TPSA) is 94.5 Å². The molecule has 0 radical (unpaired) electrons. The van der Waals surface area contributed by atoms with Crippen LogP contribution < -0.4 is 11.1 Å². The van der Waals surface area contributed by atoms with Crippen LogP contribution in [0.3, 0.4) is 0 Å². The van der Waals surface area contributed by atoms with E-state index in [0.29, 0.717) is 22.9 Å². The van der Waals surface area contributed by atoms with E-state index in [4.69, 9.17) is 5.73 Å². The summed E-state index contributed by atoms with van der Waals surface area (Å²) in [7, 11) is 1.81. The second-order valence-corrected chi connectivity index (χ2v) is 7.53. The number of nitrogens with zero attached hydrogens (tertiary/aromatic N) is 5. The quantitative estimate of drug-likeness (QED) is 0.734. The summed E-state index contributed by atoms with van der Waals surface area (Å²) in [5.41, 5.74) is 8.79. The van der Waals surface area contributed by atoms with E-state index in [-0.39, 0.29) is 23.5 Å². The van der Waals surface area contributed by atoms with Crippen LogP contribution in [0.25, 0.3) is 22.4 Å². The zero-order chi connectivity index (χ0) is 19.1. The Hall–Kier alpha value is -2.61. The summed E-state index contributed by atoms with van der Waals surface area (Å²) in [6.45, 7) is 4.09. The van der Waals surface area contributed by atoms with Crippen molar-refractivity contribution in [3.05, 3.63) is 29.8 Å². The van der Waals surface area contributed by atoms with Gasteiger partial charge in [0.25, 0.3) is 0 Å². The van der Waals surface area contributed by atoms with Crippen LogP contribution in [0.1, 0.15) is 44.7 Å². The molecular formula is C19H24FN7. The first-order chi connectivity index (χ1) is 12.9. The van der Waals surface area contributed by atoms with Crippen LogP contribution in [0.15, 0.2) is 18.3 Å². The molecule has 1 aliphatic carbocycles. The van der Waals surface area contributed by atoms with E-state index in [1.165, 1.54) is 6.07 Å². The molecule has 0 unspecified atom stereocenters. The molecule has 7 nitrogen and oxygen atoms in total. The average Bonchev–Trinajstić information content (AvgIpc) is 3.17. The summed E-state index contributed by atoms with van der Waals surface area (Å²) in [5, 5.41) is 7.61. The number of aromatic nitrogens is 5. The van der Waals surface area contributed by atoms with Crippen molar-refractivity contribution in [1.29, 1.82) is 0 Å². The van der Waals surface area contributed by atoms with E-state index >= 15 is 0 Å². The largest absolute Gasteiger partial charge is 0.351 e. The van der Waals surface area contributed by atoms with Crippen molar-refractivity contribution in [2.24, 2.45) is 12.8 Å². The van der Waals surface area contributed by atoms with Gasteiger partial charge < -0.3 is 11.1 Å². The zero-order valence-electron chi connectivity index (χ0n) is 15.8. The van der Waals surface area contributed by atoms with Gasteiger partial charge in [-0.2, -0.15) is 5.10 Å². The molecule has 27 heavy (non-hydrogen) atoms. The summed E-state index contributed by atoms with van der Waals surface area (Å²) < 4.78 is 16.4. The summed E-state index contributed by atoms with van der Waals surface area (Å²) in [6, 6.07) is 3.62. The molecule has 142 valence electrons. The average molecular weight is 369 g/mol. The number of anilines is 1. The SMILES string of the molecule is CC(C)c1c2nc(-c3ccnc(N[C@H]4CC[C@H](N)C4)n3)cc(F)c2nn1C. The predicted octanol–water partition coefficient (Wildman–Crippen LogP) is 2.98. The molecule has 1 aliphatic rings. The van der Waals surface area contributed by atoms with Gasteiger partial charge in [0.05, 0.1) is 17.1 Å². The van der Waals surface area contributed by atoms with Gasteiger partial charge in [-0.15, -0.1) is 0 Å². The number of rotatable bonds is 4. The zero-order valence-corrected chi connectivity index (χ0v) is 15.8. The standard InChI is InChI=1S/C19H24FN7/c1-10(2)18-17-16(26-27(18)3)13(20)9-15(24-17)14-6-7-22-19(25-14)23-12-5-4-11(21)8-12/h6-7,9-12H,4-5,8,21H2,1-3H3,(H,22,23,25)/t11-,12-/m0/s1. The maximum absolute atomic E-state index is 14.7. The highest BCUT2D eigenvalue weighted by atomic mass is 19.1. The van der Waals surface area contributed by atoms with Crippen LogP contribution >= 0.6 is 0 Å². The fourth-order valence-corrected chi connectivity index (χ4v) is 3.82. The lowest BCUT2D eigenvalue weighted by molar-refractivity contribution is 0.628. The Bertz CT molecular complexity index is 982. The van der Waals surface area contributed by atoms with Crippen LogP contribution in [-0.4, -0.2) is 36.8 Å². The van der Waals surface area contributed by atoms with E-state index in [1.807, 2.05) is 20.9 Å². The Balaban J connectivity index is 1.71. The molecule has 8 heteroatoms. The van der Waals surface area contributed by atoms with Crippen LogP contribution in [0.5, 0.6) is 0 Å². The summed E-state index contributed by atoms with van der Waals surface area (Å²) in [6.07, 6.45) is 4.57. The van der Waals surface area contributed by atoms with Crippen LogP contribution in [-0.2, 0) is 7.05 Å². The van der Waals surface area contributed by atoms with Gasteiger partial charge in [-0.25, -0.2) is 19.3 Å². The highest BCUT2D eigenvalue weighted by Crippen LogP contribution is 2.28. The molecule has 1 saturated carbocycles. The Labute approximate surface area is 157 Å². The molecular weight excluding hydrogens is 345 g/mol. The second kappa shape index (κ2) is 6.84. The number of pyridine rings is 1. The number of nitrogens with two attached hydrogens (primary N) is 1. The molecule has 3 heterocycles. The van der Waals surface area contributed by atoms with Gasteiger partial charge in [0, 0.05) is 31.4 Å². The third-order valence-electron chi connectivity index (χ3n) is 5.06. The molecule has 3 aromatic heterocycles. The van der Waals surface area contributed by atoms with Crippen LogP contribution in [0.2, 0.25) is 0 Å². The monoisotopic (exact) mass is 369 g/mol. The van der Waals surface area contributed by atoms with Gasteiger partial charge in [-0.05, 0) is 31.2 Å². The number of aryl methyl sites for hydroxylation is 1. The van der Waals surface area contributed by atoms with E-state index in [1.54, 1.807) is 16.9 Å². The van der Waals surface area contributed by atoms with E-state index in [9.17, 15) is 4.39 Å².